The molecular weight excluding hydrogens is 243 g/mol. The summed E-state index contributed by atoms with van der Waals surface area (Å²) in [6.45, 7) is 2.44. The molecule has 1 saturated carbocycles. The number of nitrogens with zero attached hydrogens (tertiary/aromatic N) is 2. The number of hydrogen-bond donors (Lipinski definition) is 0. The van der Waals surface area contributed by atoms with Crippen LogP contribution in [0.15, 0.2) is 30.3 Å². The molecule has 0 N–H and O–H groups in total. The number of ether oxygens (including phenoxy) is 1. The molecule has 1 fully saturated rings. The van der Waals surface area contributed by atoms with E-state index in [-0.39, 0.29) is 5.82 Å². The van der Waals surface area contributed by atoms with Crippen molar-refractivity contribution in [1.29, 1.82) is 0 Å². The van der Waals surface area contributed by atoms with Crippen molar-refractivity contribution in [2.75, 3.05) is 6.61 Å². The number of aromatic nitrogens is 2. The Hall–Kier alpha value is -1.97. The third-order valence-electron chi connectivity index (χ3n) is 3.10. The third-order valence-corrected chi connectivity index (χ3v) is 3.10. The predicted molar refractivity (Wildman–Crippen MR) is 70.6 cm³/mol. The summed E-state index contributed by atoms with van der Waals surface area (Å²) in [5.74, 6) is 1.43. The predicted octanol–water partition coefficient (Wildman–Crippen LogP) is 3.56. The Kier molecular flexibility index (Phi) is 3.15. The minimum atomic E-state index is -0.273. The van der Waals surface area contributed by atoms with E-state index in [4.69, 9.17) is 4.74 Å². The van der Waals surface area contributed by atoms with E-state index in [2.05, 4.69) is 9.97 Å². The van der Waals surface area contributed by atoms with Crippen LogP contribution in [0.4, 0.5) is 4.39 Å². The van der Waals surface area contributed by atoms with Gasteiger partial charge in [-0.1, -0.05) is 12.1 Å². The molecule has 0 radical (unpaired) electrons. The fourth-order valence-electron chi connectivity index (χ4n) is 2.00. The minimum Gasteiger partial charge on any atom is -0.478 e. The zero-order valence-corrected chi connectivity index (χ0v) is 10.8. The van der Waals surface area contributed by atoms with E-state index in [9.17, 15) is 4.39 Å². The molecule has 4 heteroatoms. The van der Waals surface area contributed by atoms with E-state index in [1.165, 1.54) is 6.07 Å². The van der Waals surface area contributed by atoms with Gasteiger partial charge in [0, 0.05) is 17.5 Å². The van der Waals surface area contributed by atoms with Gasteiger partial charge in [0.15, 0.2) is 0 Å². The topological polar surface area (TPSA) is 35.0 Å². The Labute approximate surface area is 111 Å². The molecule has 1 heterocycles. The van der Waals surface area contributed by atoms with Gasteiger partial charge in [0.2, 0.25) is 5.88 Å². The van der Waals surface area contributed by atoms with Crippen molar-refractivity contribution in [1.82, 2.24) is 9.97 Å². The lowest BCUT2D eigenvalue weighted by Crippen LogP contribution is -2.01. The minimum absolute atomic E-state index is 0.273. The van der Waals surface area contributed by atoms with Gasteiger partial charge in [0.05, 0.1) is 12.3 Å². The molecule has 0 unspecified atom stereocenters. The van der Waals surface area contributed by atoms with E-state index in [1.54, 1.807) is 24.3 Å². The maximum absolute atomic E-state index is 13.8. The molecule has 2 aromatic rings. The molecule has 0 bridgehead atoms. The molecule has 1 aliphatic carbocycles. The first-order valence-electron chi connectivity index (χ1n) is 6.54. The highest BCUT2D eigenvalue weighted by atomic mass is 19.1. The first kappa shape index (κ1) is 12.1. The smallest absolute Gasteiger partial charge is 0.217 e. The van der Waals surface area contributed by atoms with Crippen LogP contribution >= 0.6 is 0 Å². The van der Waals surface area contributed by atoms with Crippen LogP contribution in [0, 0.1) is 5.82 Å². The Balaban J connectivity index is 2.06. The fourth-order valence-corrected chi connectivity index (χ4v) is 2.00. The maximum Gasteiger partial charge on any atom is 0.217 e. The first-order chi connectivity index (χ1) is 9.28. The number of rotatable bonds is 4. The van der Waals surface area contributed by atoms with E-state index < -0.39 is 0 Å². The van der Waals surface area contributed by atoms with E-state index >= 15 is 0 Å². The highest BCUT2D eigenvalue weighted by Crippen LogP contribution is 2.39. The molecule has 3 nitrogen and oxygen atoms in total. The molecule has 19 heavy (non-hydrogen) atoms. The molecule has 1 aliphatic rings. The van der Waals surface area contributed by atoms with Crippen molar-refractivity contribution in [3.05, 3.63) is 42.0 Å². The van der Waals surface area contributed by atoms with E-state index in [0.717, 1.165) is 18.7 Å². The van der Waals surface area contributed by atoms with Crippen LogP contribution in [0.5, 0.6) is 5.88 Å². The zero-order valence-electron chi connectivity index (χ0n) is 10.8. The van der Waals surface area contributed by atoms with Gasteiger partial charge < -0.3 is 4.74 Å². The van der Waals surface area contributed by atoms with Crippen molar-refractivity contribution >= 4 is 0 Å². The second-order valence-electron chi connectivity index (χ2n) is 4.64. The number of halogens is 1. The highest BCUT2D eigenvalue weighted by molar-refractivity contribution is 5.60. The van der Waals surface area contributed by atoms with Crippen molar-refractivity contribution in [2.24, 2.45) is 0 Å². The van der Waals surface area contributed by atoms with Crippen LogP contribution in [0.1, 0.15) is 31.5 Å². The Bertz CT molecular complexity index is 596. The summed E-state index contributed by atoms with van der Waals surface area (Å²) in [5.41, 5.74) is 1.09. The van der Waals surface area contributed by atoms with Crippen molar-refractivity contribution in [3.8, 4) is 17.1 Å². The molecule has 98 valence electrons. The standard InChI is InChI=1S/C15H15FN2O/c1-2-19-14-9-13(11-5-3-4-6-12(11)16)17-15(18-14)10-7-8-10/h3-6,9-10H,2,7-8H2,1H3. The average molecular weight is 258 g/mol. The molecule has 1 aromatic carbocycles. The summed E-state index contributed by atoms with van der Waals surface area (Å²) in [5, 5.41) is 0. The average Bonchev–Trinajstić information content (AvgIpc) is 3.23. The fraction of sp³-hybridized carbons (Fsp3) is 0.333. The third kappa shape index (κ3) is 2.57. The summed E-state index contributed by atoms with van der Waals surface area (Å²) in [7, 11) is 0. The maximum atomic E-state index is 13.8. The van der Waals surface area contributed by atoms with Gasteiger partial charge in [-0.2, -0.15) is 4.98 Å². The summed E-state index contributed by atoms with van der Waals surface area (Å²) in [6.07, 6.45) is 2.21. The number of hydrogen-bond acceptors (Lipinski definition) is 3. The number of benzene rings is 1. The molecule has 0 atom stereocenters. The van der Waals surface area contributed by atoms with Crippen molar-refractivity contribution < 1.29 is 9.13 Å². The van der Waals surface area contributed by atoms with Gasteiger partial charge in [0.1, 0.15) is 11.6 Å². The summed E-state index contributed by atoms with van der Waals surface area (Å²) < 4.78 is 19.3. The lowest BCUT2D eigenvalue weighted by atomic mass is 10.1. The van der Waals surface area contributed by atoms with Crippen LogP contribution in [-0.2, 0) is 0 Å². The van der Waals surface area contributed by atoms with Crippen molar-refractivity contribution in [2.45, 2.75) is 25.7 Å². The lowest BCUT2D eigenvalue weighted by molar-refractivity contribution is 0.325. The molecular formula is C15H15FN2O. The summed E-state index contributed by atoms with van der Waals surface area (Å²) in [4.78, 5) is 8.86. The second kappa shape index (κ2) is 4.96. The molecule has 3 rings (SSSR count). The van der Waals surface area contributed by atoms with E-state index in [1.807, 2.05) is 6.92 Å². The van der Waals surface area contributed by atoms with E-state index in [0.29, 0.717) is 29.7 Å². The SMILES string of the molecule is CCOc1cc(-c2ccccc2F)nc(C2CC2)n1. The van der Waals surface area contributed by atoms with Gasteiger partial charge in [0.25, 0.3) is 0 Å². The summed E-state index contributed by atoms with van der Waals surface area (Å²) in [6, 6.07) is 8.34. The Morgan fingerprint density at radius 2 is 2.05 bits per heavy atom. The Morgan fingerprint density at radius 1 is 1.26 bits per heavy atom. The van der Waals surface area contributed by atoms with Crippen LogP contribution in [0.25, 0.3) is 11.3 Å². The monoisotopic (exact) mass is 258 g/mol. The van der Waals surface area contributed by atoms with Gasteiger partial charge in [-0.25, -0.2) is 9.37 Å². The zero-order chi connectivity index (χ0) is 13.2. The van der Waals surface area contributed by atoms with Crippen LogP contribution in [-0.4, -0.2) is 16.6 Å². The molecule has 0 aliphatic heterocycles. The second-order valence-corrected chi connectivity index (χ2v) is 4.64. The van der Waals surface area contributed by atoms with Gasteiger partial charge in [-0.05, 0) is 31.9 Å². The Morgan fingerprint density at radius 3 is 2.74 bits per heavy atom. The van der Waals surface area contributed by atoms with Crippen LogP contribution in [0.3, 0.4) is 0 Å². The molecule has 0 saturated heterocycles. The largest absolute Gasteiger partial charge is 0.478 e. The van der Waals surface area contributed by atoms with Gasteiger partial charge in [-0.15, -0.1) is 0 Å². The van der Waals surface area contributed by atoms with Gasteiger partial charge in [-0.3, -0.25) is 0 Å². The van der Waals surface area contributed by atoms with Crippen LogP contribution < -0.4 is 4.74 Å². The lowest BCUT2D eigenvalue weighted by Gasteiger charge is -2.08. The quantitative estimate of drug-likeness (QED) is 0.841. The molecule has 0 spiro atoms. The highest BCUT2D eigenvalue weighted by Gasteiger charge is 2.28. The molecule has 1 aromatic heterocycles. The first-order valence-corrected chi connectivity index (χ1v) is 6.54. The van der Waals surface area contributed by atoms with Gasteiger partial charge >= 0.3 is 0 Å². The summed E-state index contributed by atoms with van der Waals surface area (Å²) >= 11 is 0. The normalized spacial score (nSPS) is 14.4. The van der Waals surface area contributed by atoms with Crippen molar-refractivity contribution in [3.63, 3.8) is 0 Å². The van der Waals surface area contributed by atoms with Crippen LogP contribution in [0.2, 0.25) is 0 Å². The molecule has 0 amide bonds.